The molecule has 0 aromatic rings. The lowest BCUT2D eigenvalue weighted by Crippen LogP contribution is -2.03. The molecule has 0 aliphatic heterocycles. The Morgan fingerprint density at radius 1 is 1.15 bits per heavy atom. The molecule has 0 amide bonds. The maximum absolute atomic E-state index is 2.45. The Labute approximate surface area is 82.7 Å². The van der Waals surface area contributed by atoms with E-state index in [-0.39, 0.29) is 0 Å². The summed E-state index contributed by atoms with van der Waals surface area (Å²) in [7, 11) is 0. The fourth-order valence-electron chi connectivity index (χ4n) is 2.07. The van der Waals surface area contributed by atoms with Gasteiger partial charge in [-0.25, -0.2) is 0 Å². The maximum atomic E-state index is 2.45. The summed E-state index contributed by atoms with van der Waals surface area (Å²) in [5.74, 6) is 0.736. The fraction of sp³-hybridized carbons (Fsp3) is 0.692. The van der Waals surface area contributed by atoms with E-state index in [1.807, 2.05) is 0 Å². The zero-order valence-electron chi connectivity index (χ0n) is 9.48. The highest BCUT2D eigenvalue weighted by atomic mass is 14.2. The SMILES string of the molecule is CCC1=C(CC)CCC(C(C)C)=C1. The first-order chi connectivity index (χ1) is 6.19. The number of hydrogen-bond donors (Lipinski definition) is 0. The van der Waals surface area contributed by atoms with Gasteiger partial charge in [0, 0.05) is 0 Å². The summed E-state index contributed by atoms with van der Waals surface area (Å²) in [5.41, 5.74) is 4.94. The van der Waals surface area contributed by atoms with Crippen LogP contribution in [-0.2, 0) is 0 Å². The molecule has 0 aromatic carbocycles. The molecule has 0 saturated carbocycles. The molecular formula is C13H22. The van der Waals surface area contributed by atoms with Crippen molar-refractivity contribution in [2.45, 2.75) is 53.4 Å². The highest BCUT2D eigenvalue weighted by Crippen LogP contribution is 2.31. The van der Waals surface area contributed by atoms with E-state index in [4.69, 9.17) is 0 Å². The first kappa shape index (κ1) is 10.6. The molecule has 0 heteroatoms. The van der Waals surface area contributed by atoms with Crippen molar-refractivity contribution >= 4 is 0 Å². The van der Waals surface area contributed by atoms with Crippen LogP contribution in [0.4, 0.5) is 0 Å². The van der Waals surface area contributed by atoms with Crippen molar-refractivity contribution in [3.05, 3.63) is 22.8 Å². The van der Waals surface area contributed by atoms with Gasteiger partial charge in [0.2, 0.25) is 0 Å². The Morgan fingerprint density at radius 2 is 1.85 bits per heavy atom. The van der Waals surface area contributed by atoms with Crippen molar-refractivity contribution in [3.63, 3.8) is 0 Å². The Balaban J connectivity index is 2.86. The molecule has 13 heavy (non-hydrogen) atoms. The van der Waals surface area contributed by atoms with Gasteiger partial charge in [0.05, 0.1) is 0 Å². The average Bonchev–Trinajstić information content (AvgIpc) is 2.16. The summed E-state index contributed by atoms with van der Waals surface area (Å²) in [6.07, 6.45) is 7.51. The van der Waals surface area contributed by atoms with E-state index in [0.717, 1.165) is 5.92 Å². The minimum absolute atomic E-state index is 0.736. The first-order valence-electron chi connectivity index (χ1n) is 5.60. The molecule has 0 spiro atoms. The average molecular weight is 178 g/mol. The molecule has 0 nitrogen and oxygen atoms in total. The zero-order chi connectivity index (χ0) is 9.84. The van der Waals surface area contributed by atoms with Gasteiger partial charge in [0.25, 0.3) is 0 Å². The van der Waals surface area contributed by atoms with Gasteiger partial charge >= 0.3 is 0 Å². The third kappa shape index (κ3) is 2.46. The second kappa shape index (κ2) is 4.64. The minimum atomic E-state index is 0.736. The Hall–Kier alpha value is -0.520. The van der Waals surface area contributed by atoms with Gasteiger partial charge in [0.15, 0.2) is 0 Å². The Bertz CT molecular complexity index is 228. The van der Waals surface area contributed by atoms with E-state index < -0.39 is 0 Å². The number of rotatable bonds is 3. The molecule has 1 aliphatic carbocycles. The fourth-order valence-corrected chi connectivity index (χ4v) is 2.07. The lowest BCUT2D eigenvalue weighted by molar-refractivity contribution is 0.683. The Morgan fingerprint density at radius 3 is 2.31 bits per heavy atom. The van der Waals surface area contributed by atoms with Crippen molar-refractivity contribution in [3.8, 4) is 0 Å². The van der Waals surface area contributed by atoms with E-state index in [1.165, 1.54) is 25.7 Å². The molecule has 0 unspecified atom stereocenters. The van der Waals surface area contributed by atoms with Crippen molar-refractivity contribution in [1.82, 2.24) is 0 Å². The molecule has 0 saturated heterocycles. The molecule has 0 aromatic heterocycles. The van der Waals surface area contributed by atoms with E-state index in [0.29, 0.717) is 0 Å². The molecule has 0 heterocycles. The van der Waals surface area contributed by atoms with Crippen LogP contribution in [0.2, 0.25) is 0 Å². The van der Waals surface area contributed by atoms with Gasteiger partial charge in [-0.05, 0) is 37.2 Å². The molecule has 0 atom stereocenters. The normalized spacial score (nSPS) is 18.1. The third-order valence-corrected chi connectivity index (χ3v) is 3.08. The van der Waals surface area contributed by atoms with Gasteiger partial charge in [-0.15, -0.1) is 0 Å². The summed E-state index contributed by atoms with van der Waals surface area (Å²) in [6, 6.07) is 0. The lowest BCUT2D eigenvalue weighted by Gasteiger charge is -2.21. The number of allylic oxidation sites excluding steroid dienone is 4. The summed E-state index contributed by atoms with van der Waals surface area (Å²) >= 11 is 0. The maximum Gasteiger partial charge on any atom is -0.0257 e. The lowest BCUT2D eigenvalue weighted by atomic mass is 9.85. The predicted octanol–water partition coefficient (Wildman–Crippen LogP) is 4.48. The molecule has 0 radical (unpaired) electrons. The second-order valence-corrected chi connectivity index (χ2v) is 4.21. The van der Waals surface area contributed by atoms with E-state index >= 15 is 0 Å². The predicted molar refractivity (Wildman–Crippen MR) is 59.8 cm³/mol. The van der Waals surface area contributed by atoms with Crippen molar-refractivity contribution in [1.29, 1.82) is 0 Å². The summed E-state index contributed by atoms with van der Waals surface area (Å²) in [5, 5.41) is 0. The molecule has 1 rings (SSSR count). The smallest absolute Gasteiger partial charge is 0.0257 e. The van der Waals surface area contributed by atoms with E-state index in [2.05, 4.69) is 33.8 Å². The largest absolute Gasteiger partial charge is 0.0671 e. The quantitative estimate of drug-likeness (QED) is 0.597. The Kier molecular flexibility index (Phi) is 3.77. The van der Waals surface area contributed by atoms with Crippen LogP contribution in [0.15, 0.2) is 22.8 Å². The van der Waals surface area contributed by atoms with Crippen LogP contribution in [0, 0.1) is 5.92 Å². The van der Waals surface area contributed by atoms with Crippen LogP contribution in [0.1, 0.15) is 53.4 Å². The minimum Gasteiger partial charge on any atom is -0.0671 e. The van der Waals surface area contributed by atoms with Crippen molar-refractivity contribution in [2.24, 2.45) is 5.92 Å². The van der Waals surface area contributed by atoms with Crippen LogP contribution in [0.5, 0.6) is 0 Å². The van der Waals surface area contributed by atoms with Gasteiger partial charge in [-0.1, -0.05) is 44.9 Å². The van der Waals surface area contributed by atoms with Crippen molar-refractivity contribution < 1.29 is 0 Å². The summed E-state index contributed by atoms with van der Waals surface area (Å²) in [4.78, 5) is 0. The standard InChI is InChI=1S/C13H22/c1-5-11-7-8-13(10(3)4)9-12(11)6-2/h9-10H,5-8H2,1-4H3. The summed E-state index contributed by atoms with van der Waals surface area (Å²) < 4.78 is 0. The van der Waals surface area contributed by atoms with Crippen LogP contribution < -0.4 is 0 Å². The molecule has 0 fully saturated rings. The van der Waals surface area contributed by atoms with E-state index in [1.54, 1.807) is 16.7 Å². The zero-order valence-corrected chi connectivity index (χ0v) is 9.48. The van der Waals surface area contributed by atoms with Crippen molar-refractivity contribution in [2.75, 3.05) is 0 Å². The van der Waals surface area contributed by atoms with Gasteiger partial charge < -0.3 is 0 Å². The van der Waals surface area contributed by atoms with Crippen LogP contribution >= 0.6 is 0 Å². The number of hydrogen-bond acceptors (Lipinski definition) is 0. The molecule has 1 aliphatic rings. The highest BCUT2D eigenvalue weighted by molar-refractivity contribution is 5.33. The topological polar surface area (TPSA) is 0 Å². The molecule has 0 N–H and O–H groups in total. The summed E-state index contributed by atoms with van der Waals surface area (Å²) in [6.45, 7) is 9.15. The molecule has 74 valence electrons. The van der Waals surface area contributed by atoms with Crippen LogP contribution in [0.25, 0.3) is 0 Å². The molecular weight excluding hydrogens is 156 g/mol. The van der Waals surface area contributed by atoms with Gasteiger partial charge in [-0.2, -0.15) is 0 Å². The van der Waals surface area contributed by atoms with Gasteiger partial charge in [-0.3, -0.25) is 0 Å². The third-order valence-electron chi connectivity index (χ3n) is 3.08. The monoisotopic (exact) mass is 178 g/mol. The van der Waals surface area contributed by atoms with Gasteiger partial charge in [0.1, 0.15) is 0 Å². The van der Waals surface area contributed by atoms with Crippen LogP contribution in [-0.4, -0.2) is 0 Å². The highest BCUT2D eigenvalue weighted by Gasteiger charge is 2.12. The first-order valence-corrected chi connectivity index (χ1v) is 5.60. The second-order valence-electron chi connectivity index (χ2n) is 4.21. The van der Waals surface area contributed by atoms with Crippen LogP contribution in [0.3, 0.4) is 0 Å². The van der Waals surface area contributed by atoms with E-state index in [9.17, 15) is 0 Å². The molecule has 0 bridgehead atoms.